The van der Waals surface area contributed by atoms with Crippen LogP contribution in [0.4, 0.5) is 4.79 Å². The van der Waals surface area contributed by atoms with Crippen molar-refractivity contribution in [3.05, 3.63) is 47.6 Å². The smallest absolute Gasteiger partial charge is 0.407 e. The van der Waals surface area contributed by atoms with E-state index >= 15 is 0 Å². The monoisotopic (exact) mass is 502 g/mol. The molecule has 196 valence electrons. The zero-order valence-electron chi connectivity index (χ0n) is 20.6. The van der Waals surface area contributed by atoms with E-state index < -0.39 is 29.9 Å². The van der Waals surface area contributed by atoms with Crippen molar-refractivity contribution in [2.45, 2.75) is 39.2 Å². The lowest BCUT2D eigenvalue weighted by Crippen LogP contribution is -2.50. The van der Waals surface area contributed by atoms with Crippen LogP contribution in [-0.4, -0.2) is 68.7 Å². The first-order valence-electron chi connectivity index (χ1n) is 11.9. The van der Waals surface area contributed by atoms with Gasteiger partial charge in [-0.05, 0) is 37.3 Å². The van der Waals surface area contributed by atoms with Crippen molar-refractivity contribution in [1.29, 1.82) is 0 Å². The Labute approximate surface area is 210 Å². The Hall–Kier alpha value is -3.89. The number of fused-ring (bicyclic) bond motifs is 1. The second kappa shape index (κ2) is 15.2. The highest BCUT2D eigenvalue weighted by Gasteiger charge is 2.37. The fourth-order valence-electron chi connectivity index (χ4n) is 3.45. The van der Waals surface area contributed by atoms with E-state index in [0.717, 1.165) is 11.1 Å². The molecule has 0 heterocycles. The molecule has 36 heavy (non-hydrogen) atoms. The zero-order valence-corrected chi connectivity index (χ0v) is 20.6. The van der Waals surface area contributed by atoms with Gasteiger partial charge in [0.2, 0.25) is 17.7 Å². The fourth-order valence-corrected chi connectivity index (χ4v) is 3.45. The van der Waals surface area contributed by atoms with E-state index in [4.69, 9.17) is 9.47 Å². The number of hydrogen-bond donors (Lipinski definition) is 4. The molecule has 0 bridgehead atoms. The third-order valence-electron chi connectivity index (χ3n) is 5.32. The number of unbranched alkanes of at least 4 members (excludes halogenated alkanes) is 1. The maximum absolute atomic E-state index is 12.5. The molecule has 2 aliphatic carbocycles. The zero-order chi connectivity index (χ0) is 26.3. The number of allylic oxidation sites excluding steroid dienone is 6. The van der Waals surface area contributed by atoms with Crippen LogP contribution in [-0.2, 0) is 28.7 Å². The van der Waals surface area contributed by atoms with E-state index in [1.807, 2.05) is 36.5 Å². The van der Waals surface area contributed by atoms with Crippen molar-refractivity contribution in [3.8, 4) is 0 Å². The highest BCUT2D eigenvalue weighted by Crippen LogP contribution is 2.45. The van der Waals surface area contributed by atoms with E-state index in [9.17, 15) is 24.0 Å². The van der Waals surface area contributed by atoms with E-state index in [1.165, 1.54) is 6.92 Å². The lowest BCUT2D eigenvalue weighted by atomic mass is 10.1. The van der Waals surface area contributed by atoms with Gasteiger partial charge in [0.05, 0.1) is 13.2 Å². The van der Waals surface area contributed by atoms with E-state index in [1.54, 1.807) is 6.92 Å². The molecule has 0 aromatic rings. The molecular formula is C25H34N4O7. The number of ether oxygens (including phenoxy) is 2. The number of nitrogens with one attached hydrogen (secondary N) is 4. The summed E-state index contributed by atoms with van der Waals surface area (Å²) in [7, 11) is 0. The van der Waals surface area contributed by atoms with Crippen molar-refractivity contribution in [2.75, 3.05) is 32.8 Å². The average Bonchev–Trinajstić information content (AvgIpc) is 3.47. The average molecular weight is 503 g/mol. The van der Waals surface area contributed by atoms with Crippen LogP contribution in [0.15, 0.2) is 47.6 Å². The summed E-state index contributed by atoms with van der Waals surface area (Å²) < 4.78 is 10.1. The van der Waals surface area contributed by atoms with Crippen LogP contribution in [0.2, 0.25) is 0 Å². The van der Waals surface area contributed by atoms with Gasteiger partial charge in [-0.25, -0.2) is 4.79 Å². The van der Waals surface area contributed by atoms with Crippen LogP contribution in [0, 0.1) is 5.92 Å². The Bertz CT molecular complexity index is 924. The number of hydrogen-bond acceptors (Lipinski definition) is 7. The Morgan fingerprint density at radius 1 is 0.889 bits per heavy atom. The molecule has 4 amide bonds. The van der Waals surface area contributed by atoms with Gasteiger partial charge in [-0.2, -0.15) is 0 Å². The summed E-state index contributed by atoms with van der Waals surface area (Å²) in [6.45, 7) is 3.13. The third-order valence-corrected chi connectivity index (χ3v) is 5.32. The van der Waals surface area contributed by atoms with E-state index in [-0.39, 0.29) is 44.5 Å². The van der Waals surface area contributed by atoms with Crippen molar-refractivity contribution < 1.29 is 33.4 Å². The summed E-state index contributed by atoms with van der Waals surface area (Å²) >= 11 is 0. The van der Waals surface area contributed by atoms with E-state index in [2.05, 4.69) is 21.3 Å². The van der Waals surface area contributed by atoms with Crippen molar-refractivity contribution in [1.82, 2.24) is 21.3 Å². The van der Waals surface area contributed by atoms with Gasteiger partial charge in [-0.3, -0.25) is 19.2 Å². The molecule has 1 atom stereocenters. The molecule has 1 saturated carbocycles. The number of carbonyl (C=O) groups is 5. The number of amides is 4. The molecule has 2 rings (SSSR count). The summed E-state index contributed by atoms with van der Waals surface area (Å²) in [6, 6.07) is -0.913. The van der Waals surface area contributed by atoms with Crippen LogP contribution >= 0.6 is 0 Å². The number of alkyl carbamates (subject to hydrolysis) is 1. The van der Waals surface area contributed by atoms with Gasteiger partial charge >= 0.3 is 12.1 Å². The largest absolute Gasteiger partial charge is 0.465 e. The molecule has 4 N–H and O–H groups in total. The topological polar surface area (TPSA) is 152 Å². The molecule has 2 aliphatic rings. The predicted octanol–water partition coefficient (Wildman–Crippen LogP) is 0.792. The summed E-state index contributed by atoms with van der Waals surface area (Å²) in [4.78, 5) is 59.0. The van der Waals surface area contributed by atoms with Gasteiger partial charge in [-0.1, -0.05) is 36.5 Å². The summed E-state index contributed by atoms with van der Waals surface area (Å²) in [5.74, 6) is -1.92. The minimum atomic E-state index is -0.913. The number of rotatable bonds is 14. The van der Waals surface area contributed by atoms with Gasteiger partial charge in [0.25, 0.3) is 0 Å². The Morgan fingerprint density at radius 2 is 1.58 bits per heavy atom. The van der Waals surface area contributed by atoms with Gasteiger partial charge in [0.15, 0.2) is 0 Å². The van der Waals surface area contributed by atoms with Crippen molar-refractivity contribution >= 4 is 29.8 Å². The van der Waals surface area contributed by atoms with Gasteiger partial charge in [0.1, 0.15) is 19.2 Å². The minimum Gasteiger partial charge on any atom is -0.465 e. The quantitative estimate of drug-likeness (QED) is 0.202. The second-order valence-corrected chi connectivity index (χ2v) is 8.14. The van der Waals surface area contributed by atoms with Crippen LogP contribution in [0.1, 0.15) is 33.1 Å². The molecule has 0 unspecified atom stereocenters. The SMILES string of the molecule is CCOC(=O)CNC(=O)[C@H](CCCCNC(=O)OCC1C2=CC=CC=CC=C21)NC(=O)CNC(C)=O. The van der Waals surface area contributed by atoms with E-state index in [0.29, 0.717) is 19.4 Å². The standard InChI is InChI=1S/C25H34N4O7/c1-3-35-23(32)15-28-24(33)21(29-22(31)14-27-17(2)30)12-8-9-13-26-25(34)36-16-20-18-10-6-4-5-7-11-19(18)20/h4-7,10-11,20-21H,3,8-9,12-16H2,1-2H3,(H,26,34)(H,27,30)(H,28,33)(H,29,31)/t20?,21-/m0/s1. The maximum Gasteiger partial charge on any atom is 0.407 e. The molecule has 0 radical (unpaired) electrons. The molecule has 0 aromatic carbocycles. The number of esters is 1. The lowest BCUT2D eigenvalue weighted by molar-refractivity contribution is -0.143. The summed E-state index contributed by atoms with van der Waals surface area (Å²) in [5, 5.41) is 10.0. The molecule has 11 nitrogen and oxygen atoms in total. The Morgan fingerprint density at radius 3 is 2.22 bits per heavy atom. The molecule has 11 heteroatoms. The van der Waals surface area contributed by atoms with Crippen molar-refractivity contribution in [2.24, 2.45) is 5.92 Å². The molecule has 0 saturated heterocycles. The van der Waals surface area contributed by atoms with Gasteiger partial charge in [-0.15, -0.1) is 0 Å². The maximum atomic E-state index is 12.5. The van der Waals surface area contributed by atoms with Crippen LogP contribution < -0.4 is 21.3 Å². The summed E-state index contributed by atoms with van der Waals surface area (Å²) in [5.41, 5.74) is 2.33. The fraction of sp³-hybridized carbons (Fsp3) is 0.480. The molecule has 1 fully saturated rings. The normalized spacial score (nSPS) is 16.1. The molecule has 0 aromatic heterocycles. The second-order valence-electron chi connectivity index (χ2n) is 8.14. The van der Waals surface area contributed by atoms with Crippen LogP contribution in [0.5, 0.6) is 0 Å². The number of carbonyl (C=O) groups excluding carboxylic acids is 5. The van der Waals surface area contributed by atoms with Gasteiger partial charge in [0, 0.05) is 19.4 Å². The predicted molar refractivity (Wildman–Crippen MR) is 131 cm³/mol. The molecule has 0 aliphatic heterocycles. The Balaban J connectivity index is 1.70. The molecule has 0 spiro atoms. The first kappa shape index (κ1) is 28.3. The molecular weight excluding hydrogens is 468 g/mol. The Kier molecular flexibility index (Phi) is 12.0. The van der Waals surface area contributed by atoms with Crippen LogP contribution in [0.3, 0.4) is 0 Å². The minimum absolute atomic E-state index is 0.123. The first-order valence-corrected chi connectivity index (χ1v) is 11.9. The highest BCUT2D eigenvalue weighted by atomic mass is 16.5. The highest BCUT2D eigenvalue weighted by molar-refractivity contribution is 5.91. The third kappa shape index (κ3) is 10.6. The summed E-state index contributed by atoms with van der Waals surface area (Å²) in [6.07, 6.45) is 12.6. The van der Waals surface area contributed by atoms with Crippen molar-refractivity contribution in [3.63, 3.8) is 0 Å². The first-order chi connectivity index (χ1) is 17.3. The lowest BCUT2D eigenvalue weighted by Gasteiger charge is -2.18. The van der Waals surface area contributed by atoms with Crippen LogP contribution in [0.25, 0.3) is 0 Å². The van der Waals surface area contributed by atoms with Gasteiger partial charge < -0.3 is 30.7 Å².